The van der Waals surface area contributed by atoms with Crippen molar-refractivity contribution >= 4 is 38.6 Å². The molecule has 8 nitrogen and oxygen atoms in total. The van der Waals surface area contributed by atoms with E-state index in [1.807, 2.05) is 17.8 Å². The number of nitrogens with zero attached hydrogens (tertiary/aromatic N) is 1. The highest BCUT2D eigenvalue weighted by atomic mass is 79.9. The first-order valence-electron chi connectivity index (χ1n) is 6.31. The molecule has 0 spiro atoms. The molecular weight excluding hydrogens is 354 g/mol. The minimum Gasteiger partial charge on any atom is -0.506 e. The van der Waals surface area contributed by atoms with Crippen LogP contribution in [0.1, 0.15) is 33.3 Å². The molecule has 2 amide bonds. The molecule has 0 fully saturated rings. The maximum atomic E-state index is 11.9. The van der Waals surface area contributed by atoms with Gasteiger partial charge in [0.05, 0.1) is 10.9 Å². The summed E-state index contributed by atoms with van der Waals surface area (Å²) in [7, 11) is 0. The number of amides is 2. The van der Waals surface area contributed by atoms with Crippen molar-refractivity contribution in [2.75, 3.05) is 0 Å². The van der Waals surface area contributed by atoms with Crippen molar-refractivity contribution < 1.29 is 14.7 Å². The fourth-order valence-electron chi connectivity index (χ4n) is 2.11. The normalized spacial score (nSPS) is 10.5. The third kappa shape index (κ3) is 2.61. The van der Waals surface area contributed by atoms with Crippen molar-refractivity contribution in [1.82, 2.24) is 15.8 Å². The van der Waals surface area contributed by atoms with E-state index >= 15 is 0 Å². The number of nitrogen functional groups attached to an aromatic ring is 2. The lowest BCUT2D eigenvalue weighted by Gasteiger charge is -2.13. The van der Waals surface area contributed by atoms with Crippen molar-refractivity contribution in [3.05, 3.63) is 33.4 Å². The molecule has 0 unspecified atom stereocenters. The SMILES string of the molecule is CCc1cc(Br)c2c(O)c(C(=O)NN)c(C(=O)NN)nc2c1. The van der Waals surface area contributed by atoms with Crippen LogP contribution in [-0.2, 0) is 6.42 Å². The number of carbonyl (C=O) groups excluding carboxylic acids is 2. The molecule has 116 valence electrons. The zero-order valence-corrected chi connectivity index (χ0v) is 13.2. The van der Waals surface area contributed by atoms with Gasteiger partial charge in [0.25, 0.3) is 11.8 Å². The first-order valence-corrected chi connectivity index (χ1v) is 7.10. The minimum atomic E-state index is -0.850. The van der Waals surface area contributed by atoms with Gasteiger partial charge in [0, 0.05) is 4.47 Å². The number of aromatic nitrogens is 1. The van der Waals surface area contributed by atoms with E-state index in [4.69, 9.17) is 11.7 Å². The van der Waals surface area contributed by atoms with Gasteiger partial charge in [0.1, 0.15) is 17.0 Å². The number of halogens is 1. The van der Waals surface area contributed by atoms with Crippen LogP contribution in [0.15, 0.2) is 16.6 Å². The third-order valence-corrected chi connectivity index (χ3v) is 3.81. The van der Waals surface area contributed by atoms with Gasteiger partial charge in [0.15, 0.2) is 0 Å². The van der Waals surface area contributed by atoms with Gasteiger partial charge in [-0.15, -0.1) is 0 Å². The Labute approximate surface area is 133 Å². The fourth-order valence-corrected chi connectivity index (χ4v) is 2.79. The molecule has 1 heterocycles. The van der Waals surface area contributed by atoms with Gasteiger partial charge in [-0.2, -0.15) is 0 Å². The van der Waals surface area contributed by atoms with Gasteiger partial charge in [-0.1, -0.05) is 6.92 Å². The van der Waals surface area contributed by atoms with Crippen LogP contribution in [0.2, 0.25) is 0 Å². The molecule has 1 aromatic carbocycles. The second kappa shape index (κ2) is 6.26. The Morgan fingerprint density at radius 2 is 1.91 bits per heavy atom. The van der Waals surface area contributed by atoms with Crippen LogP contribution in [0.25, 0.3) is 10.9 Å². The van der Waals surface area contributed by atoms with E-state index < -0.39 is 17.6 Å². The Morgan fingerprint density at radius 3 is 2.45 bits per heavy atom. The van der Waals surface area contributed by atoms with Crippen LogP contribution in [-0.4, -0.2) is 21.9 Å². The summed E-state index contributed by atoms with van der Waals surface area (Å²) in [5, 5.41) is 10.7. The zero-order chi connectivity index (χ0) is 16.4. The van der Waals surface area contributed by atoms with Gasteiger partial charge < -0.3 is 5.11 Å². The van der Waals surface area contributed by atoms with Gasteiger partial charge in [-0.3, -0.25) is 20.4 Å². The van der Waals surface area contributed by atoms with E-state index in [0.29, 0.717) is 15.4 Å². The van der Waals surface area contributed by atoms with Gasteiger partial charge in [0.2, 0.25) is 0 Å². The highest BCUT2D eigenvalue weighted by Gasteiger charge is 2.25. The molecule has 2 rings (SSSR count). The molecular formula is C13H14BrN5O3. The van der Waals surface area contributed by atoms with Crippen LogP contribution < -0.4 is 22.5 Å². The smallest absolute Gasteiger partial charge is 0.284 e. The highest BCUT2D eigenvalue weighted by Crippen LogP contribution is 2.36. The summed E-state index contributed by atoms with van der Waals surface area (Å²) in [5.41, 5.74) is 4.41. The van der Waals surface area contributed by atoms with E-state index in [-0.39, 0.29) is 11.3 Å². The van der Waals surface area contributed by atoms with E-state index in [1.165, 1.54) is 0 Å². The number of hydrogen-bond donors (Lipinski definition) is 5. The number of fused-ring (bicyclic) bond motifs is 1. The van der Waals surface area contributed by atoms with Crippen molar-refractivity contribution in [1.29, 1.82) is 0 Å². The predicted molar refractivity (Wildman–Crippen MR) is 83.8 cm³/mol. The molecule has 0 radical (unpaired) electrons. The molecule has 0 saturated heterocycles. The Morgan fingerprint density at radius 1 is 1.27 bits per heavy atom. The molecule has 0 atom stereocenters. The number of hydrazine groups is 2. The van der Waals surface area contributed by atoms with E-state index in [1.54, 1.807) is 12.1 Å². The highest BCUT2D eigenvalue weighted by molar-refractivity contribution is 9.10. The van der Waals surface area contributed by atoms with Gasteiger partial charge in [-0.05, 0) is 40.0 Å². The second-order valence-electron chi connectivity index (χ2n) is 4.46. The number of aromatic hydroxyl groups is 1. The molecule has 0 aliphatic heterocycles. The molecule has 1 aromatic heterocycles. The average molecular weight is 368 g/mol. The topological polar surface area (TPSA) is 143 Å². The fraction of sp³-hybridized carbons (Fsp3) is 0.154. The van der Waals surface area contributed by atoms with Crippen molar-refractivity contribution in [2.24, 2.45) is 11.7 Å². The predicted octanol–water partition coefficient (Wildman–Crippen LogP) is 0.472. The number of pyridine rings is 1. The number of aryl methyl sites for hydroxylation is 1. The Bertz CT molecular complexity index is 778. The van der Waals surface area contributed by atoms with E-state index in [2.05, 4.69) is 20.9 Å². The number of nitrogens with one attached hydrogen (secondary N) is 2. The Balaban J connectivity index is 2.92. The lowest BCUT2D eigenvalue weighted by Crippen LogP contribution is -2.36. The number of nitrogens with two attached hydrogens (primary N) is 2. The van der Waals surface area contributed by atoms with Crippen LogP contribution in [0.5, 0.6) is 5.75 Å². The summed E-state index contributed by atoms with van der Waals surface area (Å²) in [5.74, 6) is 8.14. The summed E-state index contributed by atoms with van der Waals surface area (Å²) in [6.45, 7) is 1.96. The minimum absolute atomic E-state index is 0.310. The third-order valence-electron chi connectivity index (χ3n) is 3.18. The monoisotopic (exact) mass is 367 g/mol. The number of rotatable bonds is 3. The van der Waals surface area contributed by atoms with Crippen molar-refractivity contribution in [3.8, 4) is 5.75 Å². The summed E-state index contributed by atoms with van der Waals surface area (Å²) < 4.78 is 0.553. The Hall–Kier alpha value is -2.23. The van der Waals surface area contributed by atoms with Crippen LogP contribution in [0, 0.1) is 0 Å². The Kier molecular flexibility index (Phi) is 4.59. The first kappa shape index (κ1) is 16.1. The standard InChI is InChI=1S/C13H14BrN5O3/c1-2-5-3-6(14)8-7(4-5)17-10(13(22)19-16)9(11(8)20)12(21)18-15/h3-4H,2,15-16H2,1H3,(H,17,20)(H,18,21)(H,19,22). The molecule has 9 heteroatoms. The molecule has 7 N–H and O–H groups in total. The molecule has 0 bridgehead atoms. The van der Waals surface area contributed by atoms with Crippen molar-refractivity contribution in [3.63, 3.8) is 0 Å². The van der Waals surface area contributed by atoms with Gasteiger partial charge >= 0.3 is 0 Å². The molecule has 0 aliphatic rings. The zero-order valence-electron chi connectivity index (χ0n) is 11.6. The van der Waals surface area contributed by atoms with Gasteiger partial charge in [-0.25, -0.2) is 16.7 Å². The number of benzene rings is 1. The van der Waals surface area contributed by atoms with Crippen LogP contribution in [0.4, 0.5) is 0 Å². The summed E-state index contributed by atoms with van der Waals surface area (Å²) in [4.78, 5) is 27.9. The quantitative estimate of drug-likeness (QED) is 0.303. The average Bonchev–Trinajstić information content (AvgIpc) is 2.52. The lowest BCUT2D eigenvalue weighted by molar-refractivity contribution is 0.0913. The largest absolute Gasteiger partial charge is 0.506 e. The second-order valence-corrected chi connectivity index (χ2v) is 5.31. The number of hydrogen-bond acceptors (Lipinski definition) is 6. The molecule has 0 saturated carbocycles. The number of carbonyl (C=O) groups is 2. The first-order chi connectivity index (χ1) is 10.4. The summed E-state index contributed by atoms with van der Waals surface area (Å²) in [6.07, 6.45) is 0.737. The maximum Gasteiger partial charge on any atom is 0.284 e. The lowest BCUT2D eigenvalue weighted by atomic mass is 10.0. The van der Waals surface area contributed by atoms with E-state index in [9.17, 15) is 14.7 Å². The molecule has 2 aromatic rings. The van der Waals surface area contributed by atoms with Crippen LogP contribution in [0.3, 0.4) is 0 Å². The summed E-state index contributed by atoms with van der Waals surface area (Å²) in [6, 6.07) is 3.52. The molecule has 22 heavy (non-hydrogen) atoms. The van der Waals surface area contributed by atoms with Crippen molar-refractivity contribution in [2.45, 2.75) is 13.3 Å². The van der Waals surface area contributed by atoms with Crippen LogP contribution >= 0.6 is 15.9 Å². The van der Waals surface area contributed by atoms with E-state index in [0.717, 1.165) is 12.0 Å². The molecule has 0 aliphatic carbocycles. The maximum absolute atomic E-state index is 11.9. The summed E-state index contributed by atoms with van der Waals surface area (Å²) >= 11 is 3.34.